The van der Waals surface area contributed by atoms with Gasteiger partial charge in [-0.15, -0.1) is 10.2 Å². The van der Waals surface area contributed by atoms with Gasteiger partial charge in [0.15, 0.2) is 4.34 Å². The van der Waals surface area contributed by atoms with E-state index in [2.05, 4.69) is 10.2 Å². The molecule has 0 radical (unpaired) electrons. The summed E-state index contributed by atoms with van der Waals surface area (Å²) in [5, 5.41) is 8.84. The maximum atomic E-state index is 12.6. The highest BCUT2D eigenvalue weighted by Gasteiger charge is 2.34. The van der Waals surface area contributed by atoms with E-state index in [0.717, 1.165) is 14.9 Å². The van der Waals surface area contributed by atoms with Crippen molar-refractivity contribution in [3.8, 4) is 0 Å². The number of aryl methyl sites for hydroxylation is 1. The summed E-state index contributed by atoms with van der Waals surface area (Å²) in [6.45, 7) is 5.40. The van der Waals surface area contributed by atoms with E-state index in [1.54, 1.807) is 11.8 Å². The van der Waals surface area contributed by atoms with Crippen LogP contribution >= 0.6 is 23.1 Å². The molecule has 0 saturated carbocycles. The third-order valence-corrected chi connectivity index (χ3v) is 6.07. The van der Waals surface area contributed by atoms with E-state index in [9.17, 15) is 9.59 Å². The van der Waals surface area contributed by atoms with Gasteiger partial charge in [-0.05, 0) is 19.4 Å². The Morgan fingerprint density at radius 2 is 2.04 bits per heavy atom. The minimum absolute atomic E-state index is 0.000197. The molecular weight excluding hydrogens is 356 g/mol. The average molecular weight is 377 g/mol. The van der Waals surface area contributed by atoms with Crippen LogP contribution in [0.1, 0.15) is 17.5 Å². The first kappa shape index (κ1) is 17.9. The molecule has 0 spiro atoms. The number of hydrogen-bond donors (Lipinski definition) is 0. The van der Waals surface area contributed by atoms with Crippen molar-refractivity contribution in [3.05, 3.63) is 40.9 Å². The van der Waals surface area contributed by atoms with Crippen LogP contribution in [0.2, 0.25) is 0 Å². The summed E-state index contributed by atoms with van der Waals surface area (Å²) in [5.74, 6) is 0.253. The number of thioether (sulfide) groups is 1. The van der Waals surface area contributed by atoms with Crippen LogP contribution in [0, 0.1) is 6.92 Å². The molecule has 2 aromatic rings. The summed E-state index contributed by atoms with van der Waals surface area (Å²) in [6, 6.07) is 9.49. The van der Waals surface area contributed by atoms with Crippen molar-refractivity contribution < 1.29 is 9.59 Å². The number of hydrogen-bond acceptors (Lipinski definition) is 6. The molecule has 1 atom stereocenters. The largest absolute Gasteiger partial charge is 0.335 e. The summed E-state index contributed by atoms with van der Waals surface area (Å²) < 4.78 is 0.785. The smallest absolute Gasteiger partial charge is 0.245 e. The monoisotopic (exact) mass is 376 g/mol. The fourth-order valence-electron chi connectivity index (χ4n) is 2.77. The molecule has 2 heterocycles. The normalized spacial score (nSPS) is 17.8. The zero-order valence-corrected chi connectivity index (χ0v) is 15.8. The fraction of sp³-hybridized carbons (Fsp3) is 0.412. The van der Waals surface area contributed by atoms with Gasteiger partial charge in [-0.1, -0.05) is 53.4 Å². The van der Waals surface area contributed by atoms with Gasteiger partial charge in [-0.3, -0.25) is 9.59 Å². The Bertz CT molecular complexity index is 750. The average Bonchev–Trinajstić information content (AvgIpc) is 3.03. The van der Waals surface area contributed by atoms with Gasteiger partial charge in [0.25, 0.3) is 0 Å². The first-order chi connectivity index (χ1) is 12.0. The molecule has 8 heteroatoms. The quantitative estimate of drug-likeness (QED) is 0.749. The van der Waals surface area contributed by atoms with Crippen molar-refractivity contribution >= 4 is 34.9 Å². The van der Waals surface area contributed by atoms with E-state index in [1.165, 1.54) is 23.1 Å². The number of nitrogens with zero attached hydrogens (tertiary/aromatic N) is 4. The topological polar surface area (TPSA) is 66.4 Å². The van der Waals surface area contributed by atoms with Gasteiger partial charge in [-0.2, -0.15) is 0 Å². The molecule has 2 amide bonds. The Hall–Kier alpha value is -1.93. The van der Waals surface area contributed by atoms with Crippen molar-refractivity contribution in [1.82, 2.24) is 20.0 Å². The molecule has 0 bridgehead atoms. The Balaban J connectivity index is 1.56. The molecule has 25 heavy (non-hydrogen) atoms. The second-order valence-corrected chi connectivity index (χ2v) is 8.29. The van der Waals surface area contributed by atoms with Crippen LogP contribution in [0.25, 0.3) is 0 Å². The number of carbonyl (C=O) groups excluding carboxylic acids is 2. The standard InChI is InChI=1S/C17H20N4O2S2/c1-12-16(23)20(10-14-6-4-3-5-7-14)8-9-21(12)15(22)11-24-17-19-18-13(2)25-17/h3-7,12H,8-11H2,1-2H3. The van der Waals surface area contributed by atoms with E-state index < -0.39 is 6.04 Å². The molecule has 1 aliphatic rings. The van der Waals surface area contributed by atoms with Crippen LogP contribution in [0.5, 0.6) is 0 Å². The van der Waals surface area contributed by atoms with Crippen molar-refractivity contribution in [1.29, 1.82) is 0 Å². The van der Waals surface area contributed by atoms with Crippen LogP contribution in [0.3, 0.4) is 0 Å². The van der Waals surface area contributed by atoms with Gasteiger partial charge in [-0.25, -0.2) is 0 Å². The Morgan fingerprint density at radius 1 is 1.28 bits per heavy atom. The molecule has 132 valence electrons. The van der Waals surface area contributed by atoms with Crippen molar-refractivity contribution in [2.45, 2.75) is 30.8 Å². The number of piperazine rings is 1. The summed E-state index contributed by atoms with van der Waals surface area (Å²) in [7, 11) is 0. The van der Waals surface area contributed by atoms with Crippen molar-refractivity contribution in [3.63, 3.8) is 0 Å². The number of aromatic nitrogens is 2. The minimum atomic E-state index is -0.429. The second kappa shape index (κ2) is 7.97. The van der Waals surface area contributed by atoms with Crippen LogP contribution in [0.4, 0.5) is 0 Å². The Labute approximate surface area is 155 Å². The third kappa shape index (κ3) is 4.38. The highest BCUT2D eigenvalue weighted by molar-refractivity contribution is 8.01. The number of amides is 2. The number of benzene rings is 1. The lowest BCUT2D eigenvalue weighted by molar-refractivity contribution is -0.149. The molecule has 3 rings (SSSR count). The van der Waals surface area contributed by atoms with Crippen LogP contribution in [0.15, 0.2) is 34.7 Å². The molecule has 1 aromatic heterocycles. The maximum absolute atomic E-state index is 12.6. The van der Waals surface area contributed by atoms with Gasteiger partial charge in [0.05, 0.1) is 5.75 Å². The Kier molecular flexibility index (Phi) is 5.70. The molecular formula is C17H20N4O2S2. The molecule has 6 nitrogen and oxygen atoms in total. The highest BCUT2D eigenvalue weighted by Crippen LogP contribution is 2.23. The minimum Gasteiger partial charge on any atom is -0.335 e. The lowest BCUT2D eigenvalue weighted by Crippen LogP contribution is -2.57. The first-order valence-electron chi connectivity index (χ1n) is 8.09. The lowest BCUT2D eigenvalue weighted by atomic mass is 10.1. The van der Waals surface area contributed by atoms with Crippen LogP contribution < -0.4 is 0 Å². The number of carbonyl (C=O) groups is 2. The molecule has 1 unspecified atom stereocenters. The predicted octanol–water partition coefficient (Wildman–Crippen LogP) is 2.20. The fourth-order valence-corrected chi connectivity index (χ4v) is 4.48. The molecule has 1 saturated heterocycles. The summed E-state index contributed by atoms with van der Waals surface area (Å²) >= 11 is 2.85. The molecule has 1 aliphatic heterocycles. The molecule has 1 aromatic carbocycles. The van der Waals surface area contributed by atoms with Gasteiger partial charge < -0.3 is 9.80 Å². The van der Waals surface area contributed by atoms with Crippen molar-refractivity contribution in [2.75, 3.05) is 18.8 Å². The van der Waals surface area contributed by atoms with E-state index in [4.69, 9.17) is 0 Å². The summed E-state index contributed by atoms with van der Waals surface area (Å²) in [4.78, 5) is 28.6. The first-order valence-corrected chi connectivity index (χ1v) is 9.90. The second-order valence-electron chi connectivity index (χ2n) is 5.88. The van der Waals surface area contributed by atoms with E-state index in [-0.39, 0.29) is 17.6 Å². The molecule has 1 fully saturated rings. The van der Waals surface area contributed by atoms with Gasteiger partial charge in [0.1, 0.15) is 11.0 Å². The summed E-state index contributed by atoms with van der Waals surface area (Å²) in [6.07, 6.45) is 0. The molecule has 0 aliphatic carbocycles. The Morgan fingerprint density at radius 3 is 2.72 bits per heavy atom. The highest BCUT2D eigenvalue weighted by atomic mass is 32.2. The van der Waals surface area contributed by atoms with E-state index in [1.807, 2.05) is 42.2 Å². The van der Waals surface area contributed by atoms with Crippen LogP contribution in [-0.4, -0.2) is 56.7 Å². The summed E-state index contributed by atoms with van der Waals surface area (Å²) in [5.41, 5.74) is 1.10. The zero-order chi connectivity index (χ0) is 17.8. The van der Waals surface area contributed by atoms with E-state index in [0.29, 0.717) is 19.6 Å². The SMILES string of the molecule is Cc1nnc(SCC(=O)N2CCN(Cc3ccccc3)C(=O)C2C)s1. The van der Waals surface area contributed by atoms with Crippen molar-refractivity contribution in [2.24, 2.45) is 0 Å². The predicted molar refractivity (Wildman–Crippen MR) is 98.4 cm³/mol. The lowest BCUT2D eigenvalue weighted by Gasteiger charge is -2.39. The zero-order valence-electron chi connectivity index (χ0n) is 14.2. The third-order valence-electron chi connectivity index (χ3n) is 4.11. The van der Waals surface area contributed by atoms with Crippen LogP contribution in [-0.2, 0) is 16.1 Å². The van der Waals surface area contributed by atoms with Gasteiger partial charge in [0.2, 0.25) is 11.8 Å². The van der Waals surface area contributed by atoms with E-state index >= 15 is 0 Å². The van der Waals surface area contributed by atoms with Gasteiger partial charge >= 0.3 is 0 Å². The molecule has 0 N–H and O–H groups in total. The number of rotatable bonds is 5. The maximum Gasteiger partial charge on any atom is 0.245 e. The van der Waals surface area contributed by atoms with Gasteiger partial charge in [0, 0.05) is 19.6 Å².